The Bertz CT molecular complexity index is 1260. The van der Waals surface area contributed by atoms with Gasteiger partial charge < -0.3 is 5.32 Å². The molecule has 0 bridgehead atoms. The van der Waals surface area contributed by atoms with Crippen LogP contribution in [0.5, 0.6) is 0 Å². The minimum atomic E-state index is -3.89. The molecule has 3 aromatic rings. The number of hydrogen-bond donors (Lipinski definition) is 2. The summed E-state index contributed by atoms with van der Waals surface area (Å²) < 4.78 is 51.4. The van der Waals surface area contributed by atoms with Crippen LogP contribution in [0.25, 0.3) is 10.2 Å². The molecule has 8 nitrogen and oxygen atoms in total. The van der Waals surface area contributed by atoms with Gasteiger partial charge in [-0.1, -0.05) is 18.3 Å². The quantitative estimate of drug-likeness (QED) is 0.566. The van der Waals surface area contributed by atoms with Crippen LogP contribution in [0.3, 0.4) is 0 Å². The van der Waals surface area contributed by atoms with Crippen LogP contribution >= 0.6 is 11.3 Å². The van der Waals surface area contributed by atoms with Crippen LogP contribution in [-0.2, 0) is 24.7 Å². The van der Waals surface area contributed by atoms with Crippen molar-refractivity contribution in [2.45, 2.75) is 29.6 Å². The minimum Gasteiger partial charge on any atom is -0.302 e. The van der Waals surface area contributed by atoms with Gasteiger partial charge in [-0.3, -0.25) is 9.52 Å². The smallest absolute Gasteiger partial charge is 0.261 e. The van der Waals surface area contributed by atoms with Crippen LogP contribution in [0.15, 0.2) is 52.3 Å². The molecule has 0 aliphatic heterocycles. The van der Waals surface area contributed by atoms with Crippen molar-refractivity contribution in [1.82, 2.24) is 4.98 Å². The average molecular weight is 454 g/mol. The van der Waals surface area contributed by atoms with Crippen molar-refractivity contribution in [3.05, 3.63) is 42.5 Å². The molecule has 0 saturated heterocycles. The molecule has 2 aromatic carbocycles. The zero-order valence-electron chi connectivity index (χ0n) is 15.7. The molecule has 2 N–H and O–H groups in total. The maximum atomic E-state index is 12.6. The molecule has 1 amide bonds. The first-order valence-electron chi connectivity index (χ1n) is 8.62. The van der Waals surface area contributed by atoms with Crippen LogP contribution in [0.1, 0.15) is 19.8 Å². The number of anilines is 2. The molecule has 0 atom stereocenters. The molecule has 0 saturated carbocycles. The third-order valence-electron chi connectivity index (χ3n) is 3.93. The van der Waals surface area contributed by atoms with Gasteiger partial charge in [-0.2, -0.15) is 0 Å². The van der Waals surface area contributed by atoms with Gasteiger partial charge in [0.2, 0.25) is 5.91 Å². The van der Waals surface area contributed by atoms with Gasteiger partial charge in [0.25, 0.3) is 10.0 Å². The molecule has 0 spiro atoms. The predicted octanol–water partition coefficient (Wildman–Crippen LogP) is 3.24. The molecule has 29 heavy (non-hydrogen) atoms. The Labute approximate surface area is 173 Å². The second-order valence-electron chi connectivity index (χ2n) is 6.35. The monoisotopic (exact) mass is 453 g/mol. The lowest BCUT2D eigenvalue weighted by Gasteiger charge is -2.08. The number of sulfone groups is 1. The molecule has 3 rings (SSSR count). The Balaban J connectivity index is 1.82. The fourth-order valence-corrected chi connectivity index (χ4v) is 5.13. The number of fused-ring (bicyclic) bond motifs is 1. The molecule has 11 heteroatoms. The number of thiazole rings is 1. The van der Waals surface area contributed by atoms with Gasteiger partial charge in [0.1, 0.15) is 0 Å². The molecule has 0 radical (unpaired) electrons. The Morgan fingerprint density at radius 3 is 2.31 bits per heavy atom. The van der Waals surface area contributed by atoms with E-state index in [2.05, 4.69) is 15.0 Å². The fraction of sp³-hybridized carbons (Fsp3) is 0.222. The summed E-state index contributed by atoms with van der Waals surface area (Å²) in [6.45, 7) is 1.91. The standard InChI is InChI=1S/C18H19N3O5S3/c1-3-4-17(22)20-18-19-15-10-5-12(11-16(15)27-18)21-29(25,26)14-8-6-13(7-9-14)28(2,23)24/h5-11,21H,3-4H2,1-2H3,(H,19,20,22). The predicted molar refractivity (Wildman–Crippen MR) is 114 cm³/mol. The highest BCUT2D eigenvalue weighted by Gasteiger charge is 2.17. The summed E-state index contributed by atoms with van der Waals surface area (Å²) >= 11 is 1.25. The van der Waals surface area contributed by atoms with Crippen molar-refractivity contribution in [3.8, 4) is 0 Å². The second kappa shape index (κ2) is 8.09. The SMILES string of the molecule is CCCC(=O)Nc1nc2ccc(NS(=O)(=O)c3ccc(S(C)(=O)=O)cc3)cc2s1. The average Bonchev–Trinajstić information content (AvgIpc) is 3.02. The van der Waals surface area contributed by atoms with Gasteiger partial charge in [0, 0.05) is 12.7 Å². The van der Waals surface area contributed by atoms with Crippen LogP contribution < -0.4 is 10.0 Å². The summed E-state index contributed by atoms with van der Waals surface area (Å²) in [5.74, 6) is -0.120. The van der Waals surface area contributed by atoms with Crippen molar-refractivity contribution in [2.24, 2.45) is 0 Å². The number of benzene rings is 2. The number of sulfonamides is 1. The zero-order valence-corrected chi connectivity index (χ0v) is 18.1. The first-order valence-corrected chi connectivity index (χ1v) is 12.8. The van der Waals surface area contributed by atoms with Crippen molar-refractivity contribution in [3.63, 3.8) is 0 Å². The van der Waals surface area contributed by atoms with Gasteiger partial charge in [0.05, 0.1) is 25.7 Å². The maximum absolute atomic E-state index is 12.6. The number of nitrogens with one attached hydrogen (secondary N) is 2. The summed E-state index contributed by atoms with van der Waals surface area (Å²) in [4.78, 5) is 16.0. The molecule has 0 fully saturated rings. The maximum Gasteiger partial charge on any atom is 0.261 e. The number of carbonyl (C=O) groups excluding carboxylic acids is 1. The Kier molecular flexibility index (Phi) is 5.92. The summed E-state index contributed by atoms with van der Waals surface area (Å²) in [5, 5.41) is 3.18. The highest BCUT2D eigenvalue weighted by molar-refractivity contribution is 7.92. The number of carbonyl (C=O) groups is 1. The van der Waals surface area contributed by atoms with Gasteiger partial charge >= 0.3 is 0 Å². The Hall–Kier alpha value is -2.50. The van der Waals surface area contributed by atoms with Gasteiger partial charge in [-0.25, -0.2) is 21.8 Å². The highest BCUT2D eigenvalue weighted by atomic mass is 32.2. The van der Waals surface area contributed by atoms with Crippen LogP contribution in [-0.4, -0.2) is 34.0 Å². The largest absolute Gasteiger partial charge is 0.302 e. The number of amides is 1. The number of aromatic nitrogens is 1. The molecule has 0 aliphatic carbocycles. The van der Waals surface area contributed by atoms with Gasteiger partial charge in [-0.05, 0) is 48.9 Å². The Morgan fingerprint density at radius 2 is 1.69 bits per heavy atom. The number of hydrogen-bond acceptors (Lipinski definition) is 7. The summed E-state index contributed by atoms with van der Waals surface area (Å²) in [6, 6.07) is 9.85. The van der Waals surface area contributed by atoms with E-state index in [0.717, 1.165) is 12.7 Å². The van der Waals surface area contributed by atoms with E-state index in [1.807, 2.05) is 6.92 Å². The van der Waals surface area contributed by atoms with Crippen molar-refractivity contribution in [1.29, 1.82) is 0 Å². The lowest BCUT2D eigenvalue weighted by atomic mass is 10.3. The molecule has 0 aliphatic rings. The van der Waals surface area contributed by atoms with E-state index >= 15 is 0 Å². The third kappa shape index (κ3) is 5.11. The van der Waals surface area contributed by atoms with E-state index in [1.54, 1.807) is 18.2 Å². The molecular weight excluding hydrogens is 434 g/mol. The number of rotatable bonds is 7. The minimum absolute atomic E-state index is 0.0418. The zero-order chi connectivity index (χ0) is 21.2. The van der Waals surface area contributed by atoms with Gasteiger partial charge in [0.15, 0.2) is 15.0 Å². The van der Waals surface area contributed by atoms with Crippen molar-refractivity contribution >= 4 is 58.1 Å². The second-order valence-corrected chi connectivity index (χ2v) is 11.1. The van der Waals surface area contributed by atoms with E-state index in [9.17, 15) is 21.6 Å². The normalized spacial score (nSPS) is 12.1. The third-order valence-corrected chi connectivity index (χ3v) is 7.39. The van der Waals surface area contributed by atoms with E-state index in [4.69, 9.17) is 0 Å². The van der Waals surface area contributed by atoms with Gasteiger partial charge in [-0.15, -0.1) is 0 Å². The van der Waals surface area contributed by atoms with Crippen LogP contribution in [0, 0.1) is 0 Å². The lowest BCUT2D eigenvalue weighted by Crippen LogP contribution is -2.13. The van der Waals surface area contributed by atoms with E-state index < -0.39 is 19.9 Å². The molecule has 154 valence electrons. The van der Waals surface area contributed by atoms with E-state index in [0.29, 0.717) is 27.5 Å². The molecule has 1 heterocycles. The highest BCUT2D eigenvalue weighted by Crippen LogP contribution is 2.29. The Morgan fingerprint density at radius 1 is 1.03 bits per heavy atom. The molecule has 0 unspecified atom stereocenters. The summed E-state index contributed by atoms with van der Waals surface area (Å²) in [5.41, 5.74) is 0.974. The lowest BCUT2D eigenvalue weighted by molar-refractivity contribution is -0.116. The first kappa shape index (κ1) is 21.2. The van der Waals surface area contributed by atoms with Crippen molar-refractivity contribution in [2.75, 3.05) is 16.3 Å². The van der Waals surface area contributed by atoms with Crippen LogP contribution in [0.4, 0.5) is 10.8 Å². The summed E-state index contributed by atoms with van der Waals surface area (Å²) in [6.07, 6.45) is 2.19. The van der Waals surface area contributed by atoms with E-state index in [1.165, 1.54) is 35.6 Å². The van der Waals surface area contributed by atoms with E-state index in [-0.39, 0.29) is 15.7 Å². The first-order chi connectivity index (χ1) is 13.6. The topological polar surface area (TPSA) is 122 Å². The summed E-state index contributed by atoms with van der Waals surface area (Å²) in [7, 11) is -7.30. The van der Waals surface area contributed by atoms with Crippen LogP contribution in [0.2, 0.25) is 0 Å². The molecular formula is C18H19N3O5S3. The molecule has 1 aromatic heterocycles. The fourth-order valence-electron chi connectivity index (χ4n) is 2.53. The number of nitrogens with zero attached hydrogens (tertiary/aromatic N) is 1. The van der Waals surface area contributed by atoms with Crippen molar-refractivity contribution < 1.29 is 21.6 Å².